The van der Waals surface area contributed by atoms with E-state index in [1.165, 1.54) is 24.3 Å². The molecule has 9 heteroatoms. The third kappa shape index (κ3) is 4.63. The van der Waals surface area contributed by atoms with Gasteiger partial charge in [-0.2, -0.15) is 0 Å². The number of halogens is 1. The van der Waals surface area contributed by atoms with Gasteiger partial charge in [0.05, 0.1) is 5.69 Å². The summed E-state index contributed by atoms with van der Waals surface area (Å²) in [5, 5.41) is 2.24. The van der Waals surface area contributed by atoms with Crippen LogP contribution in [-0.2, 0) is 20.9 Å². The van der Waals surface area contributed by atoms with Crippen molar-refractivity contribution in [2.45, 2.75) is 6.54 Å². The van der Waals surface area contributed by atoms with Gasteiger partial charge in [-0.1, -0.05) is 12.1 Å². The predicted molar refractivity (Wildman–Crippen MR) is 77.3 cm³/mol. The largest absolute Gasteiger partial charge is 0.454 e. The van der Waals surface area contributed by atoms with Crippen LogP contribution in [0.1, 0.15) is 0 Å². The highest BCUT2D eigenvalue weighted by Crippen LogP contribution is 2.11. The van der Waals surface area contributed by atoms with Crippen molar-refractivity contribution in [2.24, 2.45) is 0 Å². The van der Waals surface area contributed by atoms with Crippen molar-refractivity contribution in [1.29, 1.82) is 0 Å². The zero-order chi connectivity index (χ0) is 16.8. The van der Waals surface area contributed by atoms with Gasteiger partial charge in [-0.25, -0.2) is 9.18 Å². The van der Waals surface area contributed by atoms with Gasteiger partial charge in [-0.05, 0) is 12.1 Å². The second-order valence-electron chi connectivity index (χ2n) is 4.43. The van der Waals surface area contributed by atoms with Crippen LogP contribution in [0.15, 0.2) is 46.1 Å². The highest BCUT2D eigenvalue weighted by atomic mass is 19.1. The van der Waals surface area contributed by atoms with Gasteiger partial charge in [0.25, 0.3) is 11.5 Å². The predicted octanol–water partition coefficient (Wildman–Crippen LogP) is -0.142. The minimum Gasteiger partial charge on any atom is -0.454 e. The number of para-hydroxylation sites is 1. The van der Waals surface area contributed by atoms with Crippen molar-refractivity contribution >= 4 is 17.6 Å². The molecule has 23 heavy (non-hydrogen) atoms. The maximum atomic E-state index is 13.3. The van der Waals surface area contributed by atoms with Gasteiger partial charge in [0.15, 0.2) is 6.61 Å². The number of carbonyl (C=O) groups is 2. The van der Waals surface area contributed by atoms with Gasteiger partial charge >= 0.3 is 11.7 Å². The maximum absolute atomic E-state index is 13.3. The molecule has 0 unspecified atom stereocenters. The van der Waals surface area contributed by atoms with E-state index in [1.54, 1.807) is 0 Å². The third-order valence-corrected chi connectivity index (χ3v) is 2.71. The number of nitrogens with zero attached hydrogens (tertiary/aromatic N) is 1. The van der Waals surface area contributed by atoms with E-state index in [0.717, 1.165) is 16.8 Å². The zero-order valence-corrected chi connectivity index (χ0v) is 11.7. The first kappa shape index (κ1) is 16.1. The summed E-state index contributed by atoms with van der Waals surface area (Å²) >= 11 is 0. The smallest absolute Gasteiger partial charge is 0.328 e. The van der Waals surface area contributed by atoms with E-state index in [1.807, 2.05) is 4.98 Å². The first-order valence-corrected chi connectivity index (χ1v) is 6.45. The number of ether oxygens (including phenoxy) is 1. The average molecular weight is 321 g/mol. The molecule has 0 bridgehead atoms. The Kier molecular flexibility index (Phi) is 5.03. The number of hydrogen-bond acceptors (Lipinski definition) is 5. The molecule has 0 atom stereocenters. The van der Waals surface area contributed by atoms with Gasteiger partial charge < -0.3 is 10.1 Å². The number of nitrogens with one attached hydrogen (secondary N) is 2. The lowest BCUT2D eigenvalue weighted by Crippen LogP contribution is -2.32. The zero-order valence-electron chi connectivity index (χ0n) is 11.7. The molecule has 1 amide bonds. The molecule has 1 aromatic carbocycles. The first-order valence-electron chi connectivity index (χ1n) is 6.45. The number of esters is 1. The highest BCUT2D eigenvalue weighted by Gasteiger charge is 2.11. The van der Waals surface area contributed by atoms with Crippen molar-refractivity contribution < 1.29 is 18.7 Å². The molecule has 1 aromatic heterocycles. The molecule has 0 radical (unpaired) electrons. The Morgan fingerprint density at radius 2 is 1.96 bits per heavy atom. The van der Waals surface area contributed by atoms with Crippen molar-refractivity contribution in [3.63, 3.8) is 0 Å². The van der Waals surface area contributed by atoms with E-state index in [2.05, 4.69) is 10.1 Å². The average Bonchev–Trinajstić information content (AvgIpc) is 2.50. The first-order chi connectivity index (χ1) is 11.0. The van der Waals surface area contributed by atoms with E-state index >= 15 is 0 Å². The van der Waals surface area contributed by atoms with Crippen LogP contribution < -0.4 is 16.6 Å². The summed E-state index contributed by atoms with van der Waals surface area (Å²) in [7, 11) is 0. The maximum Gasteiger partial charge on any atom is 0.328 e. The Balaban J connectivity index is 1.87. The summed E-state index contributed by atoms with van der Waals surface area (Å²) in [4.78, 5) is 47.3. The van der Waals surface area contributed by atoms with E-state index in [-0.39, 0.29) is 5.69 Å². The summed E-state index contributed by atoms with van der Waals surface area (Å²) in [5.41, 5.74) is -1.40. The molecule has 0 saturated carbocycles. The topological polar surface area (TPSA) is 110 Å². The Morgan fingerprint density at radius 3 is 2.65 bits per heavy atom. The molecule has 120 valence electrons. The molecule has 2 rings (SSSR count). The van der Waals surface area contributed by atoms with Crippen molar-refractivity contribution in [3.05, 3.63) is 63.2 Å². The van der Waals surface area contributed by atoms with Gasteiger partial charge in [-0.15, -0.1) is 0 Å². The number of rotatable bonds is 5. The second kappa shape index (κ2) is 7.16. The number of carbonyl (C=O) groups excluding carboxylic acids is 2. The summed E-state index contributed by atoms with van der Waals surface area (Å²) in [6.07, 6.45) is 1.13. The summed E-state index contributed by atoms with van der Waals surface area (Å²) in [6.45, 7) is -1.10. The molecule has 2 aromatic rings. The molecule has 2 N–H and O–H groups in total. The molecule has 0 spiro atoms. The van der Waals surface area contributed by atoms with Crippen LogP contribution in [0.2, 0.25) is 0 Å². The fraction of sp³-hybridized carbons (Fsp3) is 0.143. The Hall–Kier alpha value is -3.23. The van der Waals surface area contributed by atoms with Crippen LogP contribution in [0.5, 0.6) is 0 Å². The summed E-state index contributed by atoms with van der Waals surface area (Å²) < 4.78 is 18.9. The van der Waals surface area contributed by atoms with Gasteiger partial charge in [-0.3, -0.25) is 23.9 Å². The SMILES string of the molecule is O=C(COC(=O)Cn1ccc(=O)[nH]c1=O)Nc1ccccc1F. The highest BCUT2D eigenvalue weighted by molar-refractivity contribution is 5.92. The minimum absolute atomic E-state index is 0.0367. The molecule has 0 fully saturated rings. The quantitative estimate of drug-likeness (QED) is 0.745. The van der Waals surface area contributed by atoms with E-state index < -0.39 is 42.1 Å². The Bertz CT molecular complexity index is 843. The van der Waals surface area contributed by atoms with E-state index in [4.69, 9.17) is 0 Å². The monoisotopic (exact) mass is 321 g/mol. The fourth-order valence-electron chi connectivity index (χ4n) is 1.65. The van der Waals surface area contributed by atoms with Crippen LogP contribution in [0.3, 0.4) is 0 Å². The standard InChI is InChI=1S/C14H12FN3O5/c15-9-3-1-2-4-10(9)16-12(20)8-23-13(21)7-18-6-5-11(19)17-14(18)22/h1-6H,7-8H2,(H,16,20)(H,17,19,22). The Morgan fingerprint density at radius 1 is 1.22 bits per heavy atom. The molecule has 0 aliphatic rings. The summed E-state index contributed by atoms with van der Waals surface area (Å²) in [6, 6.07) is 6.60. The minimum atomic E-state index is -0.858. The van der Waals surface area contributed by atoms with Gasteiger partial charge in [0.2, 0.25) is 0 Å². The normalized spacial score (nSPS) is 10.1. The molecular formula is C14H12FN3O5. The molecule has 0 saturated heterocycles. The number of aromatic amines is 1. The molecule has 1 heterocycles. The van der Waals surface area contributed by atoms with Crippen LogP contribution in [0.4, 0.5) is 10.1 Å². The van der Waals surface area contributed by atoms with Crippen molar-refractivity contribution in [1.82, 2.24) is 9.55 Å². The second-order valence-corrected chi connectivity index (χ2v) is 4.43. The van der Waals surface area contributed by atoms with E-state index in [9.17, 15) is 23.6 Å². The number of amides is 1. The van der Waals surface area contributed by atoms with Crippen LogP contribution in [0.25, 0.3) is 0 Å². The van der Waals surface area contributed by atoms with Gasteiger partial charge in [0.1, 0.15) is 12.4 Å². The molecule has 0 aliphatic heterocycles. The van der Waals surface area contributed by atoms with Crippen LogP contribution in [0, 0.1) is 5.82 Å². The lowest BCUT2D eigenvalue weighted by Gasteiger charge is -2.08. The number of H-pyrrole nitrogens is 1. The Labute approximate surface area is 128 Å². The number of hydrogen-bond donors (Lipinski definition) is 2. The lowest BCUT2D eigenvalue weighted by molar-refractivity contribution is -0.148. The van der Waals surface area contributed by atoms with Crippen LogP contribution >= 0.6 is 0 Å². The van der Waals surface area contributed by atoms with E-state index in [0.29, 0.717) is 0 Å². The van der Waals surface area contributed by atoms with Crippen LogP contribution in [-0.4, -0.2) is 28.0 Å². The summed E-state index contributed by atoms with van der Waals surface area (Å²) in [5.74, 6) is -2.20. The third-order valence-electron chi connectivity index (χ3n) is 2.71. The molecular weight excluding hydrogens is 309 g/mol. The van der Waals surface area contributed by atoms with Gasteiger partial charge in [0, 0.05) is 12.3 Å². The number of aromatic nitrogens is 2. The molecule has 8 nitrogen and oxygen atoms in total. The van der Waals surface area contributed by atoms with Crippen molar-refractivity contribution in [3.8, 4) is 0 Å². The number of anilines is 1. The fourth-order valence-corrected chi connectivity index (χ4v) is 1.65. The number of benzene rings is 1. The molecule has 0 aliphatic carbocycles. The lowest BCUT2D eigenvalue weighted by atomic mass is 10.3. The van der Waals surface area contributed by atoms with Crippen molar-refractivity contribution in [2.75, 3.05) is 11.9 Å².